The second-order valence-electron chi connectivity index (χ2n) is 27.7. The van der Waals surface area contributed by atoms with E-state index in [9.17, 15) is 43.2 Å². The molecule has 0 rings (SSSR count). The van der Waals surface area contributed by atoms with E-state index < -0.39 is 97.5 Å². The lowest BCUT2D eigenvalue weighted by Crippen LogP contribution is -2.30. The Kier molecular flexibility index (Phi) is 72.1. The summed E-state index contributed by atoms with van der Waals surface area (Å²) in [4.78, 5) is 73.0. The fourth-order valence-corrected chi connectivity index (χ4v) is 13.0. The van der Waals surface area contributed by atoms with E-state index in [1.165, 1.54) is 154 Å². The first-order valence-corrected chi connectivity index (χ1v) is 43.9. The number of hydrogen-bond acceptors (Lipinski definition) is 15. The molecule has 17 nitrogen and oxygen atoms in total. The molecule has 0 saturated heterocycles. The Morgan fingerprint density at radius 2 is 0.460 bits per heavy atom. The molecular formula is C81H150O17P2. The summed E-state index contributed by atoms with van der Waals surface area (Å²) in [5.41, 5.74) is 0. The van der Waals surface area contributed by atoms with E-state index in [2.05, 4.69) is 76.3 Å². The van der Waals surface area contributed by atoms with Crippen LogP contribution in [0, 0.1) is 0 Å². The Hall–Kier alpha value is -2.98. The van der Waals surface area contributed by atoms with E-state index in [-0.39, 0.29) is 25.7 Å². The molecule has 2 unspecified atom stereocenters. The Balaban J connectivity index is 5.34. The molecular weight excluding hydrogens is 1310 g/mol. The number of carbonyl (C=O) groups is 4. The third kappa shape index (κ3) is 73.3. The predicted molar refractivity (Wildman–Crippen MR) is 409 cm³/mol. The largest absolute Gasteiger partial charge is 0.472 e. The van der Waals surface area contributed by atoms with Gasteiger partial charge in [-0.05, 0) is 128 Å². The lowest BCUT2D eigenvalue weighted by atomic mass is 10.1. The summed E-state index contributed by atoms with van der Waals surface area (Å²) >= 11 is 0. The third-order valence-electron chi connectivity index (χ3n) is 17.7. The van der Waals surface area contributed by atoms with Crippen LogP contribution in [-0.4, -0.2) is 96.7 Å². The molecule has 100 heavy (non-hydrogen) atoms. The fraction of sp³-hybridized carbons (Fsp3) is 0.852. The van der Waals surface area contributed by atoms with Gasteiger partial charge in [-0.25, -0.2) is 9.13 Å². The van der Waals surface area contributed by atoms with Crippen molar-refractivity contribution in [1.29, 1.82) is 0 Å². The van der Waals surface area contributed by atoms with Gasteiger partial charge in [0.2, 0.25) is 0 Å². The molecule has 0 amide bonds. The molecule has 19 heteroatoms. The van der Waals surface area contributed by atoms with E-state index in [0.29, 0.717) is 25.7 Å². The Bertz CT molecular complexity index is 1940. The number of phosphoric ester groups is 2. The average molecular weight is 1460 g/mol. The quantitative estimate of drug-likeness (QED) is 0.0169. The number of aliphatic hydroxyl groups is 1. The van der Waals surface area contributed by atoms with Crippen molar-refractivity contribution >= 4 is 39.5 Å². The van der Waals surface area contributed by atoms with E-state index >= 15 is 0 Å². The molecule has 0 aromatic heterocycles. The Morgan fingerprint density at radius 1 is 0.270 bits per heavy atom. The highest BCUT2D eigenvalue weighted by molar-refractivity contribution is 7.47. The first kappa shape index (κ1) is 97.0. The van der Waals surface area contributed by atoms with Crippen LogP contribution in [-0.2, 0) is 65.4 Å². The number of carbonyl (C=O) groups excluding carboxylic acids is 4. The van der Waals surface area contributed by atoms with Gasteiger partial charge in [0, 0.05) is 25.7 Å². The minimum Gasteiger partial charge on any atom is -0.462 e. The van der Waals surface area contributed by atoms with Crippen LogP contribution in [0.2, 0.25) is 0 Å². The van der Waals surface area contributed by atoms with Gasteiger partial charge in [-0.2, -0.15) is 0 Å². The zero-order valence-corrected chi connectivity index (χ0v) is 65.9. The second-order valence-corrected chi connectivity index (χ2v) is 30.6. The molecule has 0 bridgehead atoms. The summed E-state index contributed by atoms with van der Waals surface area (Å²) in [6, 6.07) is 0. The van der Waals surface area contributed by atoms with Crippen molar-refractivity contribution < 1.29 is 80.2 Å². The van der Waals surface area contributed by atoms with E-state index in [1.807, 2.05) is 0 Å². The van der Waals surface area contributed by atoms with Crippen molar-refractivity contribution in [2.45, 2.75) is 406 Å². The molecule has 0 aliphatic heterocycles. The van der Waals surface area contributed by atoms with Gasteiger partial charge < -0.3 is 33.8 Å². The number of hydrogen-bond donors (Lipinski definition) is 3. The molecule has 4 atom stereocenters. The van der Waals surface area contributed by atoms with Crippen molar-refractivity contribution in [3.8, 4) is 0 Å². The zero-order valence-electron chi connectivity index (χ0n) is 64.1. The second kappa shape index (κ2) is 74.3. The highest BCUT2D eigenvalue weighted by Gasteiger charge is 2.30. The molecule has 3 N–H and O–H groups in total. The Morgan fingerprint density at radius 3 is 0.690 bits per heavy atom. The third-order valence-corrected chi connectivity index (χ3v) is 19.6. The standard InChI is InChI=1S/C81H150O17P2/c1-5-9-13-17-21-25-29-33-37-41-45-49-53-57-61-65-78(83)91-71-76(97-80(85)67-63-59-55-51-47-43-39-35-31-27-23-19-15-11-7-3)73-95-99(87,88)93-69-75(82)70-94-100(89,90)96-74-77(98-81(86)68-64-60-56-52-48-44-40-36-32-28-24-20-16-12-8-4)72-92-79(84)66-62-58-54-50-46-42-38-34-30-26-22-18-14-10-6-2/h33-40,75-77,82H,5-32,41-74H2,1-4H3,(H,87,88)(H,89,90)/b37-33+,38-34+,39-35+,40-36+/t76-,77-/m1/s1. The van der Waals surface area contributed by atoms with Gasteiger partial charge in [-0.15, -0.1) is 0 Å². The van der Waals surface area contributed by atoms with Crippen LogP contribution in [0.4, 0.5) is 0 Å². The predicted octanol–water partition coefficient (Wildman–Crippen LogP) is 23.7. The molecule has 0 aliphatic rings. The monoisotopic (exact) mass is 1460 g/mol. The number of aliphatic hydroxyl groups excluding tert-OH is 1. The first-order chi connectivity index (χ1) is 48.7. The molecule has 0 spiro atoms. The van der Waals surface area contributed by atoms with Gasteiger partial charge >= 0.3 is 39.5 Å². The maximum atomic E-state index is 13.1. The summed E-state index contributed by atoms with van der Waals surface area (Å²) in [5, 5.41) is 10.6. The highest BCUT2D eigenvalue weighted by atomic mass is 31.2. The van der Waals surface area contributed by atoms with Crippen molar-refractivity contribution in [1.82, 2.24) is 0 Å². The van der Waals surface area contributed by atoms with Crippen molar-refractivity contribution in [2.24, 2.45) is 0 Å². The van der Waals surface area contributed by atoms with E-state index in [4.69, 9.17) is 37.0 Å². The van der Waals surface area contributed by atoms with Crippen LogP contribution < -0.4 is 0 Å². The topological polar surface area (TPSA) is 237 Å². The van der Waals surface area contributed by atoms with Gasteiger partial charge in [0.25, 0.3) is 0 Å². The van der Waals surface area contributed by atoms with Gasteiger partial charge in [0.15, 0.2) is 12.2 Å². The zero-order chi connectivity index (χ0) is 73.2. The van der Waals surface area contributed by atoms with Crippen molar-refractivity contribution in [2.75, 3.05) is 39.6 Å². The summed E-state index contributed by atoms with van der Waals surface area (Å²) in [6.07, 6.45) is 72.2. The molecule has 0 aromatic rings. The van der Waals surface area contributed by atoms with Crippen LogP contribution in [0.25, 0.3) is 0 Å². The van der Waals surface area contributed by atoms with Crippen LogP contribution in [0.3, 0.4) is 0 Å². The van der Waals surface area contributed by atoms with E-state index in [1.54, 1.807) is 0 Å². The number of rotatable bonds is 78. The summed E-state index contributed by atoms with van der Waals surface area (Å²) < 4.78 is 68.6. The van der Waals surface area contributed by atoms with Crippen molar-refractivity contribution in [3.63, 3.8) is 0 Å². The number of unbranched alkanes of at least 4 members (excludes halogenated alkanes) is 44. The molecule has 586 valence electrons. The number of allylic oxidation sites excluding steroid dienone is 8. The normalized spacial score (nSPS) is 14.1. The highest BCUT2D eigenvalue weighted by Crippen LogP contribution is 2.45. The van der Waals surface area contributed by atoms with Crippen LogP contribution >= 0.6 is 15.6 Å². The average Bonchev–Trinajstić information content (AvgIpc) is 1.01. The lowest BCUT2D eigenvalue weighted by molar-refractivity contribution is -0.161. The van der Waals surface area contributed by atoms with Gasteiger partial charge in [-0.1, -0.05) is 282 Å². The minimum absolute atomic E-state index is 0.0884. The van der Waals surface area contributed by atoms with Gasteiger partial charge in [0.1, 0.15) is 19.3 Å². The number of esters is 4. The Labute approximate surface area is 610 Å². The number of ether oxygens (including phenoxy) is 4. The molecule has 0 fully saturated rings. The number of phosphoric acid groups is 2. The van der Waals surface area contributed by atoms with Gasteiger partial charge in [0.05, 0.1) is 26.4 Å². The maximum absolute atomic E-state index is 13.1. The SMILES string of the molecule is CCCCCCCC/C=C/CCCCCCCC(=O)OC[C@H](COP(=O)(O)OCC(O)COP(=O)(O)OC[C@@H](COC(=O)CCCCCCC/C=C/CCCCCCCC)OC(=O)CCCCCCC/C=C/CCCCCCCC)OC(=O)CCCCCCC/C=C/CCCCCCCC. The van der Waals surface area contributed by atoms with Gasteiger partial charge in [-0.3, -0.25) is 37.3 Å². The van der Waals surface area contributed by atoms with E-state index in [0.717, 1.165) is 154 Å². The van der Waals surface area contributed by atoms with Crippen molar-refractivity contribution in [3.05, 3.63) is 48.6 Å². The molecule has 0 radical (unpaired) electrons. The fourth-order valence-electron chi connectivity index (χ4n) is 11.4. The minimum atomic E-state index is -4.97. The molecule has 0 aliphatic carbocycles. The summed E-state index contributed by atoms with van der Waals surface area (Å²) in [7, 11) is -9.95. The van der Waals surface area contributed by atoms with Crippen LogP contribution in [0.15, 0.2) is 48.6 Å². The molecule has 0 aromatic carbocycles. The lowest BCUT2D eigenvalue weighted by Gasteiger charge is -2.21. The molecule has 0 heterocycles. The maximum Gasteiger partial charge on any atom is 0.472 e. The van der Waals surface area contributed by atoms with Crippen LogP contribution in [0.1, 0.15) is 387 Å². The summed E-state index contributed by atoms with van der Waals surface area (Å²) in [5.74, 6) is -2.17. The molecule has 0 saturated carbocycles. The summed E-state index contributed by atoms with van der Waals surface area (Å²) in [6.45, 7) is 4.90. The first-order valence-electron chi connectivity index (χ1n) is 40.9. The smallest absolute Gasteiger partial charge is 0.462 e. The van der Waals surface area contributed by atoms with Crippen LogP contribution in [0.5, 0.6) is 0 Å².